The quantitative estimate of drug-likeness (QED) is 0.475. The summed E-state index contributed by atoms with van der Waals surface area (Å²) in [6, 6.07) is 15.5. The molecule has 4 rings (SSSR count). The fourth-order valence-electron chi connectivity index (χ4n) is 3.02. The monoisotopic (exact) mass is 406 g/mol. The third-order valence-corrected chi connectivity index (χ3v) is 4.80. The van der Waals surface area contributed by atoms with E-state index in [0.717, 1.165) is 16.8 Å². The number of halogens is 1. The van der Waals surface area contributed by atoms with Crippen LogP contribution in [0.15, 0.2) is 61.1 Å². The number of hydrazine groups is 1. The van der Waals surface area contributed by atoms with Gasteiger partial charge in [0, 0.05) is 11.4 Å². The van der Waals surface area contributed by atoms with Crippen LogP contribution in [0.3, 0.4) is 0 Å². The summed E-state index contributed by atoms with van der Waals surface area (Å²) in [6.45, 7) is 1.98. The summed E-state index contributed by atoms with van der Waals surface area (Å²) in [5.74, 6) is 0.354. The van der Waals surface area contributed by atoms with Gasteiger partial charge in [-0.1, -0.05) is 48.0 Å². The Morgan fingerprint density at radius 1 is 1.14 bits per heavy atom. The molecule has 0 atom stereocenters. The molecule has 0 radical (unpaired) electrons. The van der Waals surface area contributed by atoms with Crippen molar-refractivity contribution in [1.29, 1.82) is 0 Å². The first-order valence-electron chi connectivity index (χ1n) is 9.16. The van der Waals surface area contributed by atoms with Crippen molar-refractivity contribution in [2.45, 2.75) is 19.8 Å². The lowest BCUT2D eigenvalue weighted by molar-refractivity contribution is -0.120. The van der Waals surface area contributed by atoms with Gasteiger partial charge < -0.3 is 0 Å². The lowest BCUT2D eigenvalue weighted by Crippen LogP contribution is -2.30. The minimum atomic E-state index is -0.126. The highest BCUT2D eigenvalue weighted by atomic mass is 35.5. The summed E-state index contributed by atoms with van der Waals surface area (Å²) in [5, 5.41) is 5.74. The average molecular weight is 407 g/mol. The third-order valence-electron chi connectivity index (χ3n) is 4.57. The zero-order chi connectivity index (χ0) is 20.2. The van der Waals surface area contributed by atoms with Gasteiger partial charge in [-0.15, -0.1) is 0 Å². The summed E-state index contributed by atoms with van der Waals surface area (Å²) in [4.78, 5) is 20.8. The Kier molecular flexibility index (Phi) is 5.39. The number of anilines is 1. The van der Waals surface area contributed by atoms with Crippen molar-refractivity contribution in [2.24, 2.45) is 0 Å². The average Bonchev–Trinajstić information content (AvgIpc) is 3.18. The van der Waals surface area contributed by atoms with Crippen LogP contribution in [0.5, 0.6) is 0 Å². The van der Waals surface area contributed by atoms with Crippen molar-refractivity contribution in [3.8, 4) is 5.69 Å². The topological polar surface area (TPSA) is 84.7 Å². The van der Waals surface area contributed by atoms with Gasteiger partial charge in [0.05, 0.1) is 17.3 Å². The van der Waals surface area contributed by atoms with E-state index >= 15 is 0 Å². The van der Waals surface area contributed by atoms with Crippen molar-refractivity contribution in [3.05, 3.63) is 77.2 Å². The molecular weight excluding hydrogens is 388 g/mol. The normalized spacial score (nSPS) is 10.8. The van der Waals surface area contributed by atoms with E-state index in [9.17, 15) is 4.79 Å². The predicted octanol–water partition coefficient (Wildman–Crippen LogP) is 3.85. The van der Waals surface area contributed by atoms with Gasteiger partial charge >= 0.3 is 0 Å². The van der Waals surface area contributed by atoms with E-state index in [1.54, 1.807) is 10.9 Å². The fraction of sp³-hybridized carbons (Fsp3) is 0.143. The zero-order valence-corrected chi connectivity index (χ0v) is 16.5. The van der Waals surface area contributed by atoms with Crippen LogP contribution in [0.2, 0.25) is 5.02 Å². The summed E-state index contributed by atoms with van der Waals surface area (Å²) < 4.78 is 1.71. The highest BCUT2D eigenvalue weighted by Gasteiger charge is 2.13. The van der Waals surface area contributed by atoms with Crippen LogP contribution in [-0.4, -0.2) is 25.7 Å². The van der Waals surface area contributed by atoms with Crippen molar-refractivity contribution in [2.75, 3.05) is 5.43 Å². The summed E-state index contributed by atoms with van der Waals surface area (Å²) in [5.41, 5.74) is 9.16. The zero-order valence-electron chi connectivity index (χ0n) is 15.8. The number of amides is 1. The maximum atomic E-state index is 12.2. The SMILES string of the molecule is Cc1ccc(Cl)cc1-n1ncc2c(NNC(=O)CCc3ccccc3)ncnc21. The molecule has 2 aromatic heterocycles. The number of hydrogen-bond donors (Lipinski definition) is 2. The number of nitrogens with one attached hydrogen (secondary N) is 2. The molecule has 0 aliphatic heterocycles. The number of nitrogens with zero attached hydrogens (tertiary/aromatic N) is 4. The molecule has 0 aliphatic carbocycles. The molecule has 0 aliphatic rings. The van der Waals surface area contributed by atoms with Gasteiger partial charge in [-0.05, 0) is 36.6 Å². The molecule has 0 saturated carbocycles. The highest BCUT2D eigenvalue weighted by molar-refractivity contribution is 6.30. The molecule has 2 aromatic carbocycles. The van der Waals surface area contributed by atoms with E-state index in [4.69, 9.17) is 11.6 Å². The highest BCUT2D eigenvalue weighted by Crippen LogP contribution is 2.24. The molecule has 0 spiro atoms. The Balaban J connectivity index is 1.49. The molecule has 0 unspecified atom stereocenters. The van der Waals surface area contributed by atoms with E-state index in [0.29, 0.717) is 34.7 Å². The molecule has 146 valence electrons. The Labute approximate surface area is 172 Å². The maximum absolute atomic E-state index is 12.2. The van der Waals surface area contributed by atoms with Crippen molar-refractivity contribution in [3.63, 3.8) is 0 Å². The number of rotatable bonds is 6. The molecule has 7 nitrogen and oxygen atoms in total. The van der Waals surface area contributed by atoms with Crippen LogP contribution in [-0.2, 0) is 11.2 Å². The van der Waals surface area contributed by atoms with E-state index in [1.807, 2.05) is 55.5 Å². The van der Waals surface area contributed by atoms with Crippen molar-refractivity contribution < 1.29 is 4.79 Å². The van der Waals surface area contributed by atoms with Crippen LogP contribution in [0, 0.1) is 6.92 Å². The number of fused-ring (bicyclic) bond motifs is 1. The van der Waals surface area contributed by atoms with E-state index in [-0.39, 0.29) is 5.91 Å². The molecule has 4 aromatic rings. The standard InChI is InChI=1S/C21H19ClN6O/c1-14-7-9-16(22)11-18(14)28-21-17(12-25-28)20(23-13-24-21)27-26-19(29)10-8-15-5-3-2-4-6-15/h2-7,9,11-13H,8,10H2,1H3,(H,26,29)(H,23,24,27). The fourth-order valence-corrected chi connectivity index (χ4v) is 3.19. The first kappa shape index (κ1) is 18.9. The largest absolute Gasteiger partial charge is 0.281 e. The van der Waals surface area contributed by atoms with Crippen LogP contribution in [0.25, 0.3) is 16.7 Å². The van der Waals surface area contributed by atoms with Gasteiger partial charge in [0.15, 0.2) is 11.5 Å². The van der Waals surface area contributed by atoms with Crippen LogP contribution >= 0.6 is 11.6 Å². The summed E-state index contributed by atoms with van der Waals surface area (Å²) in [7, 11) is 0. The molecule has 0 fully saturated rings. The molecule has 2 N–H and O–H groups in total. The van der Waals surface area contributed by atoms with Gasteiger partial charge in [0.25, 0.3) is 0 Å². The molecule has 0 bridgehead atoms. The van der Waals surface area contributed by atoms with Crippen LogP contribution in [0.1, 0.15) is 17.5 Å². The minimum Gasteiger partial charge on any atom is -0.281 e. The number of carbonyl (C=O) groups excluding carboxylic acids is 1. The smallest absolute Gasteiger partial charge is 0.238 e. The molecule has 8 heteroatoms. The molecule has 29 heavy (non-hydrogen) atoms. The predicted molar refractivity (Wildman–Crippen MR) is 113 cm³/mol. The van der Waals surface area contributed by atoms with Crippen molar-refractivity contribution in [1.82, 2.24) is 25.2 Å². The van der Waals surface area contributed by atoms with Gasteiger partial charge in [0.2, 0.25) is 5.91 Å². The van der Waals surface area contributed by atoms with Gasteiger partial charge in [-0.25, -0.2) is 14.6 Å². The van der Waals surface area contributed by atoms with E-state index in [2.05, 4.69) is 25.9 Å². The number of carbonyl (C=O) groups is 1. The maximum Gasteiger partial charge on any atom is 0.238 e. The number of aromatic nitrogens is 4. The van der Waals surface area contributed by atoms with Crippen LogP contribution < -0.4 is 10.9 Å². The summed E-state index contributed by atoms with van der Waals surface area (Å²) >= 11 is 6.14. The molecule has 2 heterocycles. The minimum absolute atomic E-state index is 0.126. The number of aryl methyl sites for hydroxylation is 2. The Morgan fingerprint density at radius 3 is 2.79 bits per heavy atom. The second kappa shape index (κ2) is 8.28. The van der Waals surface area contributed by atoms with E-state index in [1.165, 1.54) is 6.33 Å². The second-order valence-corrected chi connectivity index (χ2v) is 7.04. The van der Waals surface area contributed by atoms with Crippen LogP contribution in [0.4, 0.5) is 5.82 Å². The molecule has 1 amide bonds. The summed E-state index contributed by atoms with van der Waals surface area (Å²) in [6.07, 6.45) is 4.12. The Morgan fingerprint density at radius 2 is 1.97 bits per heavy atom. The lowest BCUT2D eigenvalue weighted by atomic mass is 10.1. The number of hydrogen-bond acceptors (Lipinski definition) is 5. The Hall–Kier alpha value is -3.45. The first-order chi connectivity index (χ1) is 14.1. The van der Waals surface area contributed by atoms with Gasteiger partial charge in [-0.3, -0.25) is 15.6 Å². The molecule has 0 saturated heterocycles. The Bertz CT molecular complexity index is 1160. The van der Waals surface area contributed by atoms with E-state index < -0.39 is 0 Å². The van der Waals surface area contributed by atoms with Gasteiger partial charge in [-0.2, -0.15) is 5.10 Å². The third kappa shape index (κ3) is 4.20. The second-order valence-electron chi connectivity index (χ2n) is 6.61. The van der Waals surface area contributed by atoms with Crippen molar-refractivity contribution >= 4 is 34.4 Å². The number of benzene rings is 2. The first-order valence-corrected chi connectivity index (χ1v) is 9.53. The molecular formula is C21H19ClN6O. The lowest BCUT2D eigenvalue weighted by Gasteiger charge is -2.10. The van der Waals surface area contributed by atoms with Gasteiger partial charge in [0.1, 0.15) is 6.33 Å².